The first-order valence-corrected chi connectivity index (χ1v) is 6.78. The van der Waals surface area contributed by atoms with Crippen LogP contribution in [-0.4, -0.2) is 17.6 Å². The van der Waals surface area contributed by atoms with Gasteiger partial charge in [-0.05, 0) is 37.3 Å². The Morgan fingerprint density at radius 3 is 2.55 bits per heavy atom. The lowest BCUT2D eigenvalue weighted by atomic mass is 10.1. The normalized spacial score (nSPS) is 16.6. The van der Waals surface area contributed by atoms with Crippen molar-refractivity contribution in [3.8, 4) is 0 Å². The smallest absolute Gasteiger partial charge is 0.261 e. The monoisotopic (exact) mass is 295 g/mol. The van der Waals surface area contributed by atoms with Gasteiger partial charge in [0.05, 0.1) is 18.4 Å². The number of carbonyl (C=O) groups is 3. The molecule has 0 atom stereocenters. The largest absolute Gasteiger partial charge is 0.461 e. The highest BCUT2D eigenvalue weighted by atomic mass is 16.3. The van der Waals surface area contributed by atoms with Crippen molar-refractivity contribution in [1.82, 2.24) is 0 Å². The molecule has 22 heavy (non-hydrogen) atoms. The third-order valence-corrected chi connectivity index (χ3v) is 3.43. The van der Waals surface area contributed by atoms with Crippen LogP contribution in [0.5, 0.6) is 0 Å². The van der Waals surface area contributed by atoms with Gasteiger partial charge in [-0.25, -0.2) is 4.90 Å². The van der Waals surface area contributed by atoms with Gasteiger partial charge in [0.1, 0.15) is 0 Å². The molecule has 0 unspecified atom stereocenters. The Bertz CT molecular complexity index is 770. The fourth-order valence-corrected chi connectivity index (χ4v) is 2.29. The van der Waals surface area contributed by atoms with Gasteiger partial charge in [-0.3, -0.25) is 14.4 Å². The fourth-order valence-electron chi connectivity index (χ4n) is 2.29. The molecule has 0 saturated carbocycles. The van der Waals surface area contributed by atoms with E-state index in [2.05, 4.69) is 0 Å². The van der Waals surface area contributed by atoms with Gasteiger partial charge in [-0.15, -0.1) is 0 Å². The van der Waals surface area contributed by atoms with Gasteiger partial charge in [0.15, 0.2) is 5.76 Å². The van der Waals surface area contributed by atoms with Gasteiger partial charge in [-0.1, -0.05) is 17.7 Å². The maximum Gasteiger partial charge on any atom is 0.261 e. The topological polar surface area (TPSA) is 67.6 Å². The van der Waals surface area contributed by atoms with Crippen LogP contribution in [0.3, 0.4) is 0 Å². The van der Waals surface area contributed by atoms with E-state index in [0.29, 0.717) is 5.69 Å². The number of amides is 2. The molecule has 0 aliphatic carbocycles. The molecule has 2 amide bonds. The Morgan fingerprint density at radius 1 is 1.18 bits per heavy atom. The Labute approximate surface area is 126 Å². The number of rotatable bonds is 3. The van der Waals surface area contributed by atoms with E-state index in [4.69, 9.17) is 4.42 Å². The molecule has 110 valence electrons. The van der Waals surface area contributed by atoms with Gasteiger partial charge in [-0.2, -0.15) is 0 Å². The Hall–Kier alpha value is -2.95. The molecule has 3 rings (SSSR count). The first-order valence-electron chi connectivity index (χ1n) is 6.78. The summed E-state index contributed by atoms with van der Waals surface area (Å²) in [5, 5.41) is 0. The van der Waals surface area contributed by atoms with Crippen molar-refractivity contribution in [2.45, 2.75) is 13.3 Å². The van der Waals surface area contributed by atoms with Gasteiger partial charge in [0, 0.05) is 5.57 Å². The van der Waals surface area contributed by atoms with E-state index in [0.717, 1.165) is 10.5 Å². The van der Waals surface area contributed by atoms with E-state index in [1.807, 2.05) is 19.1 Å². The molecule has 0 bridgehead atoms. The second-order valence-electron chi connectivity index (χ2n) is 5.06. The number of carbonyl (C=O) groups excluding carboxylic acids is 3. The number of benzene rings is 1. The molecule has 1 aromatic heterocycles. The summed E-state index contributed by atoms with van der Waals surface area (Å²) in [6.45, 7) is 1.92. The highest BCUT2D eigenvalue weighted by Gasteiger charge is 2.35. The molecule has 1 aliphatic heterocycles. The van der Waals surface area contributed by atoms with E-state index in [9.17, 15) is 14.4 Å². The minimum Gasteiger partial charge on any atom is -0.461 e. The van der Waals surface area contributed by atoms with Crippen LogP contribution in [0.1, 0.15) is 22.5 Å². The summed E-state index contributed by atoms with van der Waals surface area (Å²) >= 11 is 0. The minimum atomic E-state index is -0.464. The summed E-state index contributed by atoms with van der Waals surface area (Å²) in [5.41, 5.74) is 1.72. The van der Waals surface area contributed by atoms with E-state index in [1.54, 1.807) is 18.2 Å². The molecule has 5 nitrogen and oxygen atoms in total. The van der Waals surface area contributed by atoms with Crippen LogP contribution in [0, 0.1) is 6.92 Å². The van der Waals surface area contributed by atoms with E-state index in [1.165, 1.54) is 18.4 Å². The number of allylic oxidation sites excluding steroid dienone is 1. The average Bonchev–Trinajstić information content (AvgIpc) is 3.10. The number of furan rings is 1. The molecule has 0 N–H and O–H groups in total. The van der Waals surface area contributed by atoms with Crippen molar-refractivity contribution in [2.24, 2.45) is 0 Å². The summed E-state index contributed by atoms with van der Waals surface area (Å²) < 4.78 is 4.99. The predicted octanol–water partition coefficient (Wildman–Crippen LogP) is 2.66. The summed E-state index contributed by atoms with van der Waals surface area (Å²) in [7, 11) is 0. The average molecular weight is 295 g/mol. The molecular weight excluding hydrogens is 282 g/mol. The van der Waals surface area contributed by atoms with E-state index < -0.39 is 11.7 Å². The molecule has 1 aromatic carbocycles. The predicted molar refractivity (Wildman–Crippen MR) is 79.4 cm³/mol. The van der Waals surface area contributed by atoms with Crippen LogP contribution in [-0.2, 0) is 9.59 Å². The fraction of sp³-hybridized carbons (Fsp3) is 0.118. The first-order chi connectivity index (χ1) is 10.6. The molecular formula is C17H13NO4. The first kappa shape index (κ1) is 14.0. The molecule has 1 fully saturated rings. The second-order valence-corrected chi connectivity index (χ2v) is 5.06. The Balaban J connectivity index is 1.88. The van der Waals surface area contributed by atoms with Crippen LogP contribution in [0.25, 0.3) is 0 Å². The van der Waals surface area contributed by atoms with Crippen molar-refractivity contribution in [1.29, 1.82) is 0 Å². The summed E-state index contributed by atoms with van der Waals surface area (Å²) in [4.78, 5) is 37.5. The highest BCUT2D eigenvalue weighted by Crippen LogP contribution is 2.26. The van der Waals surface area contributed by atoms with Crippen LogP contribution in [0.4, 0.5) is 5.69 Å². The van der Waals surface area contributed by atoms with Crippen molar-refractivity contribution in [3.05, 3.63) is 65.6 Å². The minimum absolute atomic E-state index is 0.0842. The van der Waals surface area contributed by atoms with Gasteiger partial charge in [0.2, 0.25) is 11.7 Å². The summed E-state index contributed by atoms with van der Waals surface area (Å²) in [6.07, 6.45) is 2.47. The maximum atomic E-state index is 12.4. The number of aryl methyl sites for hydroxylation is 1. The molecule has 1 saturated heterocycles. The zero-order chi connectivity index (χ0) is 15.7. The van der Waals surface area contributed by atoms with Crippen molar-refractivity contribution >= 4 is 23.3 Å². The van der Waals surface area contributed by atoms with Crippen LogP contribution in [0.2, 0.25) is 0 Å². The van der Waals surface area contributed by atoms with Gasteiger partial charge in [0.25, 0.3) is 5.91 Å². The Kier molecular flexibility index (Phi) is 3.47. The molecule has 2 aromatic rings. The standard InChI is InChI=1S/C17H13NO4/c1-11-4-6-13(7-5-11)18-16(20)10-12(17(18)21)9-14(19)15-3-2-8-22-15/h2-9H,10H2,1H3/b12-9+. The van der Waals surface area contributed by atoms with Crippen molar-refractivity contribution in [3.63, 3.8) is 0 Å². The number of ketones is 1. The molecule has 0 spiro atoms. The zero-order valence-corrected chi connectivity index (χ0v) is 11.9. The summed E-state index contributed by atoms with van der Waals surface area (Å²) in [6, 6.07) is 10.2. The molecule has 1 aliphatic rings. The number of hydrogen-bond donors (Lipinski definition) is 0. The maximum absolute atomic E-state index is 12.4. The van der Waals surface area contributed by atoms with E-state index in [-0.39, 0.29) is 23.7 Å². The zero-order valence-electron chi connectivity index (χ0n) is 11.9. The number of imide groups is 1. The van der Waals surface area contributed by atoms with Gasteiger partial charge < -0.3 is 4.42 Å². The lowest BCUT2D eigenvalue weighted by molar-refractivity contribution is -0.120. The number of hydrogen-bond acceptors (Lipinski definition) is 4. The van der Waals surface area contributed by atoms with Gasteiger partial charge >= 0.3 is 0 Å². The van der Waals surface area contributed by atoms with Crippen molar-refractivity contribution < 1.29 is 18.8 Å². The highest BCUT2D eigenvalue weighted by molar-refractivity contribution is 6.29. The molecule has 0 radical (unpaired) electrons. The quantitative estimate of drug-likeness (QED) is 0.496. The number of nitrogens with zero attached hydrogens (tertiary/aromatic N) is 1. The molecule has 2 heterocycles. The number of anilines is 1. The van der Waals surface area contributed by atoms with Crippen LogP contribution >= 0.6 is 0 Å². The second kappa shape index (κ2) is 5.44. The lowest BCUT2D eigenvalue weighted by Crippen LogP contribution is -2.28. The molecule has 5 heteroatoms. The Morgan fingerprint density at radius 2 is 1.91 bits per heavy atom. The van der Waals surface area contributed by atoms with E-state index >= 15 is 0 Å². The lowest BCUT2D eigenvalue weighted by Gasteiger charge is -2.13. The van der Waals surface area contributed by atoms with Crippen molar-refractivity contribution in [2.75, 3.05) is 4.90 Å². The SMILES string of the molecule is Cc1ccc(N2C(=O)C/C(=C\C(=O)c3ccco3)C2=O)cc1. The van der Waals surface area contributed by atoms with Crippen LogP contribution < -0.4 is 4.90 Å². The van der Waals surface area contributed by atoms with Crippen LogP contribution in [0.15, 0.2) is 58.7 Å². The third kappa shape index (κ3) is 2.48. The third-order valence-electron chi connectivity index (χ3n) is 3.43. The summed E-state index contributed by atoms with van der Waals surface area (Å²) in [5.74, 6) is -1.09.